The van der Waals surface area contributed by atoms with Crippen LogP contribution in [0, 0.1) is 0 Å². The standard InChI is InChI=1S/C25H24N4O4/c30-24(25(31)28-20-7-8-22-23(12-20)33-16-32-22)27-14-21(18-6-3-10-26-13-18)29-11-9-17-4-1-2-5-19(17)15-29/h1-8,10,12-13,21H,9,11,14-16H2,(H,27,30)(H,28,31). The molecule has 3 aromatic rings. The van der Waals surface area contributed by atoms with Crippen molar-refractivity contribution in [1.29, 1.82) is 0 Å². The van der Waals surface area contributed by atoms with Crippen molar-refractivity contribution >= 4 is 17.5 Å². The van der Waals surface area contributed by atoms with Crippen molar-refractivity contribution in [3.05, 3.63) is 83.7 Å². The lowest BCUT2D eigenvalue weighted by Gasteiger charge is -2.35. The van der Waals surface area contributed by atoms with Gasteiger partial charge in [0.05, 0.1) is 6.04 Å². The molecule has 0 saturated heterocycles. The van der Waals surface area contributed by atoms with Crippen LogP contribution in [0.1, 0.15) is 22.7 Å². The molecule has 33 heavy (non-hydrogen) atoms. The van der Waals surface area contributed by atoms with Crippen LogP contribution in [0.3, 0.4) is 0 Å². The molecule has 2 aliphatic rings. The summed E-state index contributed by atoms with van der Waals surface area (Å²) in [6, 6.07) is 17.2. The lowest BCUT2D eigenvalue weighted by atomic mass is 9.97. The summed E-state index contributed by atoms with van der Waals surface area (Å²) >= 11 is 0. The number of fused-ring (bicyclic) bond motifs is 2. The Kier molecular flexibility index (Phi) is 5.91. The quantitative estimate of drug-likeness (QED) is 0.588. The van der Waals surface area contributed by atoms with E-state index < -0.39 is 11.8 Å². The molecular formula is C25H24N4O4. The first kappa shape index (κ1) is 21.0. The van der Waals surface area contributed by atoms with Gasteiger partial charge in [-0.05, 0) is 41.3 Å². The average molecular weight is 444 g/mol. The van der Waals surface area contributed by atoms with Gasteiger partial charge in [-0.15, -0.1) is 0 Å². The Morgan fingerprint density at radius 1 is 1.00 bits per heavy atom. The first-order valence-electron chi connectivity index (χ1n) is 10.9. The zero-order valence-electron chi connectivity index (χ0n) is 18.0. The molecule has 2 amide bonds. The summed E-state index contributed by atoms with van der Waals surface area (Å²) < 4.78 is 10.6. The fraction of sp³-hybridized carbons (Fsp3) is 0.240. The summed E-state index contributed by atoms with van der Waals surface area (Å²) in [6.07, 6.45) is 4.47. The van der Waals surface area contributed by atoms with Gasteiger partial charge in [0.2, 0.25) is 6.79 Å². The molecule has 0 aliphatic carbocycles. The SMILES string of the molecule is O=C(NCC(c1cccnc1)N1CCc2ccccc2C1)C(=O)Nc1ccc2c(c1)OCO2. The van der Waals surface area contributed by atoms with Crippen LogP contribution in [0.15, 0.2) is 67.0 Å². The minimum atomic E-state index is -0.734. The number of nitrogens with zero attached hydrogens (tertiary/aromatic N) is 2. The maximum absolute atomic E-state index is 12.6. The molecule has 8 nitrogen and oxygen atoms in total. The molecule has 5 rings (SSSR count). The second-order valence-electron chi connectivity index (χ2n) is 8.02. The molecule has 2 aliphatic heterocycles. The number of ether oxygens (including phenoxy) is 2. The second kappa shape index (κ2) is 9.30. The molecule has 1 aromatic heterocycles. The van der Waals surface area contributed by atoms with E-state index in [-0.39, 0.29) is 12.8 Å². The smallest absolute Gasteiger partial charge is 0.313 e. The van der Waals surface area contributed by atoms with Gasteiger partial charge < -0.3 is 20.1 Å². The van der Waals surface area contributed by atoms with Crippen LogP contribution in [0.5, 0.6) is 11.5 Å². The maximum atomic E-state index is 12.6. The van der Waals surface area contributed by atoms with E-state index in [0.29, 0.717) is 23.7 Å². The number of rotatable bonds is 5. The fourth-order valence-corrected chi connectivity index (χ4v) is 4.25. The zero-order valence-corrected chi connectivity index (χ0v) is 18.0. The van der Waals surface area contributed by atoms with Crippen molar-refractivity contribution in [2.45, 2.75) is 19.0 Å². The third kappa shape index (κ3) is 4.65. The van der Waals surface area contributed by atoms with Crippen LogP contribution in [0.4, 0.5) is 5.69 Å². The van der Waals surface area contributed by atoms with Gasteiger partial charge in [0.15, 0.2) is 11.5 Å². The van der Waals surface area contributed by atoms with Gasteiger partial charge in [-0.25, -0.2) is 0 Å². The topological polar surface area (TPSA) is 92.8 Å². The van der Waals surface area contributed by atoms with Crippen molar-refractivity contribution in [2.75, 3.05) is 25.2 Å². The average Bonchev–Trinajstić information content (AvgIpc) is 3.32. The van der Waals surface area contributed by atoms with E-state index in [0.717, 1.165) is 25.1 Å². The van der Waals surface area contributed by atoms with E-state index >= 15 is 0 Å². The van der Waals surface area contributed by atoms with Gasteiger partial charge in [-0.1, -0.05) is 30.3 Å². The fourth-order valence-electron chi connectivity index (χ4n) is 4.25. The summed E-state index contributed by atoms with van der Waals surface area (Å²) in [7, 11) is 0. The van der Waals surface area contributed by atoms with Crippen LogP contribution in [0.25, 0.3) is 0 Å². The number of amides is 2. The molecule has 168 valence electrons. The van der Waals surface area contributed by atoms with Crippen molar-refractivity contribution in [1.82, 2.24) is 15.2 Å². The lowest BCUT2D eigenvalue weighted by Crippen LogP contribution is -2.43. The number of nitrogens with one attached hydrogen (secondary N) is 2. The lowest BCUT2D eigenvalue weighted by molar-refractivity contribution is -0.136. The molecule has 1 unspecified atom stereocenters. The van der Waals surface area contributed by atoms with Gasteiger partial charge >= 0.3 is 11.8 Å². The molecule has 8 heteroatoms. The monoisotopic (exact) mass is 444 g/mol. The minimum absolute atomic E-state index is 0.102. The molecule has 2 N–H and O–H groups in total. The Balaban J connectivity index is 1.25. The molecule has 0 fully saturated rings. The molecule has 1 atom stereocenters. The molecule has 0 radical (unpaired) electrons. The van der Waals surface area contributed by atoms with Gasteiger partial charge in [0.25, 0.3) is 0 Å². The van der Waals surface area contributed by atoms with Gasteiger partial charge in [0.1, 0.15) is 0 Å². The van der Waals surface area contributed by atoms with E-state index in [9.17, 15) is 9.59 Å². The highest BCUT2D eigenvalue weighted by Gasteiger charge is 2.26. The van der Waals surface area contributed by atoms with Gasteiger partial charge in [0, 0.05) is 43.8 Å². The second-order valence-corrected chi connectivity index (χ2v) is 8.02. The third-order valence-corrected chi connectivity index (χ3v) is 5.96. The van der Waals surface area contributed by atoms with E-state index in [4.69, 9.17) is 9.47 Å². The first-order chi connectivity index (χ1) is 16.2. The molecule has 0 saturated carbocycles. The predicted molar refractivity (Wildman–Crippen MR) is 122 cm³/mol. The number of hydrogen-bond acceptors (Lipinski definition) is 6. The van der Waals surface area contributed by atoms with E-state index in [2.05, 4.69) is 38.7 Å². The molecule has 3 heterocycles. The largest absolute Gasteiger partial charge is 0.454 e. The van der Waals surface area contributed by atoms with Crippen LogP contribution >= 0.6 is 0 Å². The third-order valence-electron chi connectivity index (χ3n) is 5.96. The summed E-state index contributed by atoms with van der Waals surface area (Å²) in [6.45, 7) is 2.07. The molecule has 0 spiro atoms. The number of aromatic nitrogens is 1. The number of hydrogen-bond donors (Lipinski definition) is 2. The van der Waals surface area contributed by atoms with Gasteiger partial charge in [-0.2, -0.15) is 0 Å². The number of pyridine rings is 1. The highest BCUT2D eigenvalue weighted by atomic mass is 16.7. The Morgan fingerprint density at radius 3 is 2.70 bits per heavy atom. The predicted octanol–water partition coefficient (Wildman–Crippen LogP) is 2.66. The highest BCUT2D eigenvalue weighted by molar-refractivity contribution is 6.39. The van der Waals surface area contributed by atoms with Crippen molar-refractivity contribution in [2.24, 2.45) is 0 Å². The van der Waals surface area contributed by atoms with Crippen molar-refractivity contribution in [3.63, 3.8) is 0 Å². The van der Waals surface area contributed by atoms with E-state index in [1.165, 1.54) is 11.1 Å². The number of anilines is 1. The van der Waals surface area contributed by atoms with Crippen LogP contribution < -0.4 is 20.1 Å². The highest BCUT2D eigenvalue weighted by Crippen LogP contribution is 2.34. The Labute approximate surface area is 191 Å². The van der Waals surface area contributed by atoms with Crippen molar-refractivity contribution in [3.8, 4) is 11.5 Å². The Morgan fingerprint density at radius 2 is 1.85 bits per heavy atom. The number of carbonyl (C=O) groups excluding carboxylic acids is 2. The van der Waals surface area contributed by atoms with Crippen LogP contribution in [-0.4, -0.2) is 41.6 Å². The number of benzene rings is 2. The summed E-state index contributed by atoms with van der Waals surface area (Å²) in [4.78, 5) is 31.6. The van der Waals surface area contributed by atoms with E-state index in [1.807, 2.05) is 24.4 Å². The van der Waals surface area contributed by atoms with E-state index in [1.54, 1.807) is 24.4 Å². The van der Waals surface area contributed by atoms with Crippen molar-refractivity contribution < 1.29 is 19.1 Å². The summed E-state index contributed by atoms with van der Waals surface area (Å²) in [5.41, 5.74) is 4.10. The molecular weight excluding hydrogens is 420 g/mol. The minimum Gasteiger partial charge on any atom is -0.454 e. The normalized spacial score (nSPS) is 15.4. The Bertz CT molecular complexity index is 1170. The number of carbonyl (C=O) groups is 2. The first-order valence-corrected chi connectivity index (χ1v) is 10.9. The molecule has 0 bridgehead atoms. The maximum Gasteiger partial charge on any atom is 0.313 e. The summed E-state index contributed by atoms with van der Waals surface area (Å²) in [5, 5.41) is 5.41. The van der Waals surface area contributed by atoms with Gasteiger partial charge in [-0.3, -0.25) is 19.5 Å². The molecule has 2 aromatic carbocycles. The van der Waals surface area contributed by atoms with Crippen LogP contribution in [-0.2, 0) is 22.6 Å². The van der Waals surface area contributed by atoms with Crippen LogP contribution in [0.2, 0.25) is 0 Å². The zero-order chi connectivity index (χ0) is 22.6. The summed E-state index contributed by atoms with van der Waals surface area (Å²) in [5.74, 6) is -0.281. The Hall–Kier alpha value is -3.91.